The van der Waals surface area contributed by atoms with Crippen LogP contribution in [0.5, 0.6) is 5.75 Å². The number of hydrogen-bond acceptors (Lipinski definition) is 5. The Kier molecular flexibility index (Phi) is 5.24. The summed E-state index contributed by atoms with van der Waals surface area (Å²) in [5, 5.41) is 3.29. The van der Waals surface area contributed by atoms with E-state index in [2.05, 4.69) is 20.2 Å². The quantitative estimate of drug-likeness (QED) is 0.796. The summed E-state index contributed by atoms with van der Waals surface area (Å²) in [5.74, 6) is 2.26. The highest BCUT2D eigenvalue weighted by molar-refractivity contribution is 5.48. The number of ether oxygens (including phenoxy) is 1. The summed E-state index contributed by atoms with van der Waals surface area (Å²) in [4.78, 5) is 10.9. The van der Waals surface area contributed by atoms with Crippen LogP contribution in [0.2, 0.25) is 0 Å². The van der Waals surface area contributed by atoms with E-state index in [9.17, 15) is 4.39 Å². The molecular formula is C17H21FN4O. The Balaban J connectivity index is 1.40. The molecule has 23 heavy (non-hydrogen) atoms. The highest BCUT2D eigenvalue weighted by Gasteiger charge is 2.13. The average molecular weight is 316 g/mol. The Morgan fingerprint density at radius 1 is 1.13 bits per heavy atom. The molecule has 0 bridgehead atoms. The molecule has 5 nitrogen and oxygen atoms in total. The summed E-state index contributed by atoms with van der Waals surface area (Å²) in [6, 6.07) is 8.06. The van der Waals surface area contributed by atoms with Gasteiger partial charge in [0.15, 0.2) is 0 Å². The van der Waals surface area contributed by atoms with Gasteiger partial charge in [-0.25, -0.2) is 14.4 Å². The van der Waals surface area contributed by atoms with Crippen molar-refractivity contribution in [2.75, 3.05) is 36.5 Å². The number of hydrogen-bond donors (Lipinski definition) is 1. The van der Waals surface area contributed by atoms with Crippen LogP contribution in [0.1, 0.15) is 19.3 Å². The fourth-order valence-electron chi connectivity index (χ4n) is 2.57. The molecule has 0 radical (unpaired) electrons. The molecule has 1 aromatic carbocycles. The van der Waals surface area contributed by atoms with Gasteiger partial charge in [0.05, 0.1) is 6.61 Å². The third-order valence-electron chi connectivity index (χ3n) is 3.79. The second-order valence-electron chi connectivity index (χ2n) is 5.54. The standard InChI is InChI=1S/C17H21FN4O/c18-14-4-6-15(7-5-14)23-11-3-8-19-16-12-17(21-13-20-16)22-9-1-2-10-22/h4-7,12-13H,1-3,8-11H2,(H,19,20,21). The van der Waals surface area contributed by atoms with Crippen LogP contribution in [0, 0.1) is 5.82 Å². The van der Waals surface area contributed by atoms with E-state index in [-0.39, 0.29) is 5.82 Å². The monoisotopic (exact) mass is 316 g/mol. The number of aromatic nitrogens is 2. The highest BCUT2D eigenvalue weighted by atomic mass is 19.1. The fraction of sp³-hybridized carbons (Fsp3) is 0.412. The fourth-order valence-corrected chi connectivity index (χ4v) is 2.57. The Labute approximate surface area is 135 Å². The maximum Gasteiger partial charge on any atom is 0.134 e. The maximum atomic E-state index is 12.8. The lowest BCUT2D eigenvalue weighted by molar-refractivity contribution is 0.314. The number of rotatable bonds is 7. The molecule has 0 spiro atoms. The van der Waals surface area contributed by atoms with Gasteiger partial charge in [-0.3, -0.25) is 0 Å². The van der Waals surface area contributed by atoms with Crippen molar-refractivity contribution < 1.29 is 9.13 Å². The largest absolute Gasteiger partial charge is 0.494 e. The van der Waals surface area contributed by atoms with E-state index in [1.54, 1.807) is 18.5 Å². The van der Waals surface area contributed by atoms with Crippen LogP contribution in [0.4, 0.5) is 16.0 Å². The lowest BCUT2D eigenvalue weighted by Crippen LogP contribution is -2.19. The normalized spacial score (nSPS) is 14.0. The van der Waals surface area contributed by atoms with Crippen molar-refractivity contribution in [2.45, 2.75) is 19.3 Å². The van der Waals surface area contributed by atoms with Crippen molar-refractivity contribution in [2.24, 2.45) is 0 Å². The first-order valence-corrected chi connectivity index (χ1v) is 8.00. The average Bonchev–Trinajstić information content (AvgIpc) is 3.11. The summed E-state index contributed by atoms with van der Waals surface area (Å²) in [6.07, 6.45) is 4.90. The van der Waals surface area contributed by atoms with Gasteiger partial charge in [0, 0.05) is 25.7 Å². The summed E-state index contributed by atoms with van der Waals surface area (Å²) in [6.45, 7) is 3.48. The van der Waals surface area contributed by atoms with Crippen molar-refractivity contribution in [1.29, 1.82) is 0 Å². The lowest BCUT2D eigenvalue weighted by atomic mass is 10.3. The van der Waals surface area contributed by atoms with E-state index >= 15 is 0 Å². The molecule has 0 amide bonds. The summed E-state index contributed by atoms with van der Waals surface area (Å²) < 4.78 is 18.3. The van der Waals surface area contributed by atoms with E-state index in [4.69, 9.17) is 4.74 Å². The third kappa shape index (κ3) is 4.55. The van der Waals surface area contributed by atoms with Gasteiger partial charge in [-0.05, 0) is 43.5 Å². The van der Waals surface area contributed by atoms with Gasteiger partial charge in [-0.2, -0.15) is 0 Å². The SMILES string of the molecule is Fc1ccc(OCCCNc2cc(N3CCCC3)ncn2)cc1. The molecule has 0 unspecified atom stereocenters. The molecule has 1 aromatic heterocycles. The highest BCUT2D eigenvalue weighted by Crippen LogP contribution is 2.19. The van der Waals surface area contributed by atoms with E-state index < -0.39 is 0 Å². The zero-order valence-electron chi connectivity index (χ0n) is 13.0. The van der Waals surface area contributed by atoms with Gasteiger partial charge in [0.25, 0.3) is 0 Å². The molecule has 1 aliphatic rings. The van der Waals surface area contributed by atoms with Crippen molar-refractivity contribution in [3.8, 4) is 5.75 Å². The van der Waals surface area contributed by atoms with E-state index in [0.29, 0.717) is 12.4 Å². The minimum Gasteiger partial charge on any atom is -0.494 e. The van der Waals surface area contributed by atoms with Gasteiger partial charge in [-0.15, -0.1) is 0 Å². The zero-order valence-corrected chi connectivity index (χ0v) is 13.0. The first kappa shape index (κ1) is 15.5. The van der Waals surface area contributed by atoms with Crippen LogP contribution in [0.25, 0.3) is 0 Å². The van der Waals surface area contributed by atoms with Crippen LogP contribution < -0.4 is 15.0 Å². The predicted octanol–water partition coefficient (Wildman–Crippen LogP) is 3.10. The van der Waals surface area contributed by atoms with Crippen molar-refractivity contribution in [1.82, 2.24) is 9.97 Å². The van der Waals surface area contributed by atoms with Gasteiger partial charge < -0.3 is 15.0 Å². The smallest absolute Gasteiger partial charge is 0.134 e. The van der Waals surface area contributed by atoms with Gasteiger partial charge >= 0.3 is 0 Å². The third-order valence-corrected chi connectivity index (χ3v) is 3.79. The minimum absolute atomic E-state index is 0.253. The van der Waals surface area contributed by atoms with Crippen LogP contribution in [-0.4, -0.2) is 36.2 Å². The Bertz CT molecular complexity index is 614. The minimum atomic E-state index is -0.253. The van der Waals surface area contributed by atoms with Gasteiger partial charge in [-0.1, -0.05) is 0 Å². The molecular weight excluding hydrogens is 295 g/mol. The van der Waals surface area contributed by atoms with Crippen LogP contribution in [0.15, 0.2) is 36.7 Å². The predicted molar refractivity (Wildman–Crippen MR) is 88.5 cm³/mol. The Hall–Kier alpha value is -2.37. The molecule has 3 rings (SSSR count). The number of benzene rings is 1. The first-order chi connectivity index (χ1) is 11.3. The van der Waals surface area contributed by atoms with Crippen molar-refractivity contribution in [3.05, 3.63) is 42.5 Å². The molecule has 1 N–H and O–H groups in total. The molecule has 122 valence electrons. The second kappa shape index (κ2) is 7.76. The first-order valence-electron chi connectivity index (χ1n) is 8.00. The van der Waals surface area contributed by atoms with Gasteiger partial charge in [0.1, 0.15) is 29.5 Å². The number of halogens is 1. The Morgan fingerprint density at radius 3 is 2.70 bits per heavy atom. The number of nitrogens with one attached hydrogen (secondary N) is 1. The molecule has 1 saturated heterocycles. The second-order valence-corrected chi connectivity index (χ2v) is 5.54. The molecule has 1 fully saturated rings. The zero-order chi connectivity index (χ0) is 15.9. The van der Waals surface area contributed by atoms with Crippen molar-refractivity contribution >= 4 is 11.6 Å². The Morgan fingerprint density at radius 2 is 1.91 bits per heavy atom. The number of anilines is 2. The molecule has 1 aliphatic heterocycles. The summed E-state index contributed by atoms with van der Waals surface area (Å²) >= 11 is 0. The van der Waals surface area contributed by atoms with Crippen LogP contribution >= 0.6 is 0 Å². The lowest BCUT2D eigenvalue weighted by Gasteiger charge is -2.16. The molecule has 0 aliphatic carbocycles. The van der Waals surface area contributed by atoms with Crippen LogP contribution in [-0.2, 0) is 0 Å². The maximum absolute atomic E-state index is 12.8. The molecule has 2 heterocycles. The molecule has 0 atom stereocenters. The van der Waals surface area contributed by atoms with E-state index in [0.717, 1.165) is 37.7 Å². The summed E-state index contributed by atoms with van der Waals surface area (Å²) in [7, 11) is 0. The van der Waals surface area contributed by atoms with E-state index in [1.807, 2.05) is 6.07 Å². The summed E-state index contributed by atoms with van der Waals surface area (Å²) in [5.41, 5.74) is 0. The molecule has 2 aromatic rings. The molecule has 6 heteroatoms. The number of nitrogens with zero attached hydrogens (tertiary/aromatic N) is 3. The topological polar surface area (TPSA) is 50.3 Å². The van der Waals surface area contributed by atoms with Gasteiger partial charge in [0.2, 0.25) is 0 Å². The van der Waals surface area contributed by atoms with Crippen molar-refractivity contribution in [3.63, 3.8) is 0 Å². The van der Waals surface area contributed by atoms with E-state index in [1.165, 1.54) is 25.0 Å². The molecule has 0 saturated carbocycles. The van der Waals surface area contributed by atoms with Crippen LogP contribution in [0.3, 0.4) is 0 Å².